The normalized spacial score (nSPS) is 11.1. The Kier molecular flexibility index (Phi) is 21.9. The van der Waals surface area contributed by atoms with Gasteiger partial charge in [-0.2, -0.15) is 0 Å². The van der Waals surface area contributed by atoms with Gasteiger partial charge in [0.1, 0.15) is 22.8 Å². The first-order valence-electron chi connectivity index (χ1n) is 30.6. The van der Waals surface area contributed by atoms with Crippen molar-refractivity contribution in [1.82, 2.24) is 79.7 Å². The van der Waals surface area contributed by atoms with E-state index in [4.69, 9.17) is 19.9 Å². The Balaban J connectivity index is 0.000000140. The summed E-state index contributed by atoms with van der Waals surface area (Å²) in [7, 11) is 0. The van der Waals surface area contributed by atoms with Crippen molar-refractivity contribution < 1.29 is 98.2 Å². The SMILES string of the molecule is O=C1c2nc3c4cccnc4c4ncccc4c3nc2C(=O)c2nc3c4cccnc4c4ncccc4c3nc21.[Cl-].[Cl-].[Cl-].[Cl-].[Ru+2].[Ru+2].c1cnc2c(c1)ccc1cccnc12.c1cnc2c(c1)ccc1cccnc12.c1cnc2c(c1)ccc1cccnc12.c1cnc2c(c1)ccc1cccnc12. The van der Waals surface area contributed by atoms with Crippen molar-refractivity contribution in [3.63, 3.8) is 0 Å². The van der Waals surface area contributed by atoms with E-state index in [2.05, 4.69) is 157 Å². The van der Waals surface area contributed by atoms with Gasteiger partial charge in [0.05, 0.1) is 88.3 Å². The summed E-state index contributed by atoms with van der Waals surface area (Å²) in [5.41, 5.74) is 12.0. The summed E-state index contributed by atoms with van der Waals surface area (Å²) in [5.74, 6) is -1.03. The van der Waals surface area contributed by atoms with Gasteiger partial charge in [0, 0.05) is 139 Å². The first-order chi connectivity index (χ1) is 47.5. The van der Waals surface area contributed by atoms with Gasteiger partial charge in [-0.1, -0.05) is 97.1 Å². The first-order valence-corrected chi connectivity index (χ1v) is 30.6. The molecule has 14 heterocycles. The summed E-state index contributed by atoms with van der Waals surface area (Å²) in [6.45, 7) is 0. The van der Waals surface area contributed by atoms with E-state index in [9.17, 15) is 9.59 Å². The van der Waals surface area contributed by atoms with Crippen LogP contribution in [0.3, 0.4) is 0 Å². The molecular weight excluding hydrogens is 1540 g/mol. The van der Waals surface area contributed by atoms with Crippen molar-refractivity contribution in [1.29, 1.82) is 0 Å². The first kappa shape index (κ1) is 71.9. The number of rotatable bonds is 0. The zero-order chi connectivity index (χ0) is 64.1. The van der Waals surface area contributed by atoms with E-state index in [-0.39, 0.29) is 111 Å². The molecule has 0 atom stereocenters. The molecule has 0 unspecified atom stereocenters. The Morgan fingerprint density at radius 2 is 0.304 bits per heavy atom. The Labute approximate surface area is 628 Å². The number of fused-ring (bicyclic) bond motifs is 26. The Morgan fingerprint density at radius 1 is 0.167 bits per heavy atom. The van der Waals surface area contributed by atoms with Gasteiger partial charge in [-0.05, 0) is 97.1 Å². The molecule has 1 aliphatic rings. The van der Waals surface area contributed by atoms with Crippen LogP contribution in [0.25, 0.3) is 153 Å². The van der Waals surface area contributed by atoms with Crippen LogP contribution in [0, 0.1) is 0 Å². The maximum atomic E-state index is 13.9. The van der Waals surface area contributed by atoms with E-state index in [1.165, 1.54) is 0 Å². The Hall–Kier alpha value is -11.3. The van der Waals surface area contributed by atoms with Crippen molar-refractivity contribution >= 4 is 164 Å². The van der Waals surface area contributed by atoms with Gasteiger partial charge in [0.15, 0.2) is 0 Å². The van der Waals surface area contributed by atoms with Crippen LogP contribution in [-0.4, -0.2) is 91.3 Å². The molecule has 0 spiro atoms. The molecular formula is C78H44Cl4N16O2Ru2. The van der Waals surface area contributed by atoms with E-state index < -0.39 is 11.6 Å². The number of carbonyl (C=O) groups excluding carboxylic acids is 2. The average molecular weight is 1580 g/mol. The molecule has 21 rings (SSSR count). The summed E-state index contributed by atoms with van der Waals surface area (Å²) in [6.07, 6.45) is 21.1. The van der Waals surface area contributed by atoms with Crippen molar-refractivity contribution in [2.75, 3.05) is 0 Å². The Morgan fingerprint density at radius 3 is 0.461 bits per heavy atom. The van der Waals surface area contributed by atoms with Crippen molar-refractivity contribution in [2.24, 2.45) is 0 Å². The summed E-state index contributed by atoms with van der Waals surface area (Å²) in [6, 6.07) is 63.1. The zero-order valence-electron chi connectivity index (χ0n) is 52.6. The second-order valence-corrected chi connectivity index (χ2v) is 22.4. The molecule has 18 nitrogen and oxygen atoms in total. The van der Waals surface area contributed by atoms with E-state index in [1.807, 2.05) is 72.8 Å². The van der Waals surface area contributed by atoms with Crippen molar-refractivity contribution in [3.8, 4) is 0 Å². The number of aromatic nitrogens is 16. The van der Waals surface area contributed by atoms with Crippen LogP contribution in [0.5, 0.6) is 0 Å². The minimum atomic E-state index is -0.514. The molecule has 20 aromatic rings. The van der Waals surface area contributed by atoms with Crippen LogP contribution in [0.1, 0.15) is 32.4 Å². The molecule has 492 valence electrons. The summed E-state index contributed by atoms with van der Waals surface area (Å²) in [5, 5.41) is 11.8. The van der Waals surface area contributed by atoms with Gasteiger partial charge in [-0.15, -0.1) is 0 Å². The van der Waals surface area contributed by atoms with Crippen LogP contribution >= 0.6 is 0 Å². The molecule has 0 fully saturated rings. The number of hydrogen-bond acceptors (Lipinski definition) is 18. The number of pyridine rings is 12. The summed E-state index contributed by atoms with van der Waals surface area (Å²) < 4.78 is 0. The third kappa shape index (κ3) is 13.0. The largest absolute Gasteiger partial charge is 2.00 e. The third-order valence-electron chi connectivity index (χ3n) is 16.7. The molecule has 0 N–H and O–H groups in total. The molecule has 0 saturated carbocycles. The number of halogens is 4. The molecule has 0 bridgehead atoms. The van der Waals surface area contributed by atoms with E-state index in [0.29, 0.717) is 65.7 Å². The maximum absolute atomic E-state index is 13.9. The molecule has 0 aliphatic heterocycles. The monoisotopic (exact) mass is 1580 g/mol. The maximum Gasteiger partial charge on any atom is 2.00 e. The number of ketones is 2. The second kappa shape index (κ2) is 31.1. The third-order valence-corrected chi connectivity index (χ3v) is 16.7. The van der Waals surface area contributed by atoms with Gasteiger partial charge < -0.3 is 49.6 Å². The van der Waals surface area contributed by atoms with Gasteiger partial charge in [-0.25, -0.2) is 19.9 Å². The van der Waals surface area contributed by atoms with Crippen LogP contribution in [0.2, 0.25) is 0 Å². The fraction of sp³-hybridized carbons (Fsp3) is 0. The van der Waals surface area contributed by atoms with Crippen LogP contribution in [-0.2, 0) is 39.0 Å². The van der Waals surface area contributed by atoms with E-state index in [0.717, 1.165) is 87.2 Å². The van der Waals surface area contributed by atoms with Crippen LogP contribution in [0.4, 0.5) is 0 Å². The van der Waals surface area contributed by atoms with Crippen molar-refractivity contribution in [3.05, 3.63) is 291 Å². The van der Waals surface area contributed by atoms with E-state index >= 15 is 0 Å². The molecule has 14 aromatic heterocycles. The number of nitrogens with zero attached hydrogens (tertiary/aromatic N) is 16. The van der Waals surface area contributed by atoms with Gasteiger partial charge in [-0.3, -0.25) is 69.4 Å². The van der Waals surface area contributed by atoms with Gasteiger partial charge >= 0.3 is 39.0 Å². The minimum Gasteiger partial charge on any atom is -1.00 e. The Bertz CT molecular complexity index is 5610. The standard InChI is InChI=1S/C30H12N8O2.4C12H8N2.4ClH.2Ru/c39-29-25-26(36-22-14-6-2-10-32-18(14)17-13(21(22)35-25)5-1-9-31-17)30(40)28-27(29)37-23-15-7-3-11-33-19(15)20-16(24(23)38-28)8-4-12-34-20;4*1-3-9-5-6-10-4-2-8-14-12(10)11(9)13-7-1;;;;;;/h1-12H;4*1-8H;4*1H;;/q;;;;;;;;;2*+2/p-4. The van der Waals surface area contributed by atoms with E-state index in [1.54, 1.807) is 98.6 Å². The number of carbonyl (C=O) groups is 2. The molecule has 0 radical (unpaired) electrons. The molecule has 6 aromatic carbocycles. The molecule has 0 saturated heterocycles. The second-order valence-electron chi connectivity index (χ2n) is 22.4. The van der Waals surface area contributed by atoms with Gasteiger partial charge in [0.25, 0.3) is 0 Å². The molecule has 1 aliphatic carbocycles. The van der Waals surface area contributed by atoms with Gasteiger partial charge in [0.2, 0.25) is 11.6 Å². The predicted molar refractivity (Wildman–Crippen MR) is 375 cm³/mol. The summed E-state index contributed by atoms with van der Waals surface area (Å²) >= 11 is 0. The molecule has 24 heteroatoms. The van der Waals surface area contributed by atoms with Crippen LogP contribution < -0.4 is 49.6 Å². The summed E-state index contributed by atoms with van der Waals surface area (Å²) in [4.78, 5) is 99.6. The fourth-order valence-corrected chi connectivity index (χ4v) is 12.3. The zero-order valence-corrected chi connectivity index (χ0v) is 59.1. The average Bonchev–Trinajstić information content (AvgIpc) is 0.712. The quantitative estimate of drug-likeness (QED) is 0.155. The topological polar surface area (TPSA) is 240 Å². The van der Waals surface area contributed by atoms with Crippen LogP contribution in [0.15, 0.2) is 268 Å². The number of hydrogen-bond donors (Lipinski definition) is 0. The van der Waals surface area contributed by atoms with Crippen molar-refractivity contribution in [2.45, 2.75) is 0 Å². The minimum absolute atomic E-state index is 0. The molecule has 102 heavy (non-hydrogen) atoms. The fourth-order valence-electron chi connectivity index (χ4n) is 12.3. The smallest absolute Gasteiger partial charge is 1.00 e. The predicted octanol–water partition coefficient (Wildman–Crippen LogP) is 3.68. The molecule has 0 amide bonds. The number of benzene rings is 6.